The molecule has 0 aliphatic carbocycles. The van der Waals surface area contributed by atoms with Crippen molar-refractivity contribution in [2.75, 3.05) is 0 Å². The third-order valence-electron chi connectivity index (χ3n) is 2.81. The van der Waals surface area contributed by atoms with Gasteiger partial charge >= 0.3 is 0 Å². The molecule has 1 unspecified atom stereocenters. The van der Waals surface area contributed by atoms with Crippen LogP contribution in [0, 0.1) is 11.6 Å². The Balaban J connectivity index is 2.22. The van der Waals surface area contributed by atoms with Crippen LogP contribution in [0.1, 0.15) is 17.2 Å². The predicted molar refractivity (Wildman–Crippen MR) is 76.1 cm³/mol. The van der Waals surface area contributed by atoms with E-state index >= 15 is 0 Å². The first-order valence-corrected chi connectivity index (χ1v) is 6.79. The number of halogens is 4. The van der Waals surface area contributed by atoms with E-state index in [1.54, 1.807) is 12.1 Å². The summed E-state index contributed by atoms with van der Waals surface area (Å²) in [6, 6.07) is 8.24. The van der Waals surface area contributed by atoms with Crippen molar-refractivity contribution in [1.29, 1.82) is 0 Å². The average Bonchev–Trinajstić information content (AvgIpc) is 2.36. The first-order chi connectivity index (χ1) is 8.97. The van der Waals surface area contributed by atoms with Crippen molar-refractivity contribution >= 4 is 27.5 Å². The fourth-order valence-corrected chi connectivity index (χ4v) is 2.29. The highest BCUT2D eigenvalue weighted by molar-refractivity contribution is 9.10. The lowest BCUT2D eigenvalue weighted by Crippen LogP contribution is -2.15. The Hall–Kier alpha value is -0.970. The van der Waals surface area contributed by atoms with Crippen LogP contribution < -0.4 is 5.73 Å². The van der Waals surface area contributed by atoms with Crippen LogP contribution in [0.2, 0.25) is 5.02 Å². The van der Waals surface area contributed by atoms with Crippen molar-refractivity contribution in [2.24, 2.45) is 5.73 Å². The second-order valence-electron chi connectivity index (χ2n) is 4.22. The van der Waals surface area contributed by atoms with Gasteiger partial charge in [-0.25, -0.2) is 8.78 Å². The molecule has 19 heavy (non-hydrogen) atoms. The smallest absolute Gasteiger partial charge is 0.129 e. The molecule has 100 valence electrons. The van der Waals surface area contributed by atoms with E-state index in [1.165, 1.54) is 24.3 Å². The summed E-state index contributed by atoms with van der Waals surface area (Å²) in [5.41, 5.74) is 7.16. The van der Waals surface area contributed by atoms with Crippen molar-refractivity contribution in [3.8, 4) is 0 Å². The molecule has 0 aliphatic rings. The van der Waals surface area contributed by atoms with Crippen LogP contribution in [-0.2, 0) is 6.42 Å². The minimum Gasteiger partial charge on any atom is -0.324 e. The van der Waals surface area contributed by atoms with Crippen LogP contribution in [0.25, 0.3) is 0 Å². The normalized spacial score (nSPS) is 12.5. The minimum absolute atomic E-state index is 0.310. The van der Waals surface area contributed by atoms with Crippen molar-refractivity contribution in [1.82, 2.24) is 0 Å². The predicted octanol–water partition coefficient (Wildman–Crippen LogP) is 4.62. The van der Waals surface area contributed by atoms with Crippen molar-refractivity contribution in [3.63, 3.8) is 0 Å². The summed E-state index contributed by atoms with van der Waals surface area (Å²) in [4.78, 5) is 0. The van der Waals surface area contributed by atoms with Crippen LogP contribution in [0.15, 0.2) is 40.9 Å². The van der Waals surface area contributed by atoms with E-state index in [-0.39, 0.29) is 5.82 Å². The number of hydrogen-bond acceptors (Lipinski definition) is 1. The Bertz CT molecular complexity index is 587. The Labute approximate surface area is 123 Å². The molecule has 1 atom stereocenters. The molecule has 0 bridgehead atoms. The lowest BCUT2D eigenvalue weighted by Gasteiger charge is -2.14. The average molecular weight is 347 g/mol. The highest BCUT2D eigenvalue weighted by atomic mass is 79.9. The lowest BCUT2D eigenvalue weighted by molar-refractivity contribution is 0.579. The van der Waals surface area contributed by atoms with Crippen LogP contribution in [0.5, 0.6) is 0 Å². The second kappa shape index (κ2) is 5.99. The Morgan fingerprint density at radius 3 is 2.42 bits per heavy atom. The van der Waals surface area contributed by atoms with Gasteiger partial charge in [-0.1, -0.05) is 23.7 Å². The van der Waals surface area contributed by atoms with Gasteiger partial charge < -0.3 is 5.73 Å². The Morgan fingerprint density at radius 2 is 1.79 bits per heavy atom. The van der Waals surface area contributed by atoms with Gasteiger partial charge in [0.2, 0.25) is 0 Å². The largest absolute Gasteiger partial charge is 0.324 e. The van der Waals surface area contributed by atoms with Crippen molar-refractivity contribution in [2.45, 2.75) is 12.5 Å². The molecule has 5 heteroatoms. The van der Waals surface area contributed by atoms with Gasteiger partial charge in [0, 0.05) is 16.1 Å². The van der Waals surface area contributed by atoms with Crippen LogP contribution in [0.3, 0.4) is 0 Å². The van der Waals surface area contributed by atoms with Gasteiger partial charge in [0.25, 0.3) is 0 Å². The van der Waals surface area contributed by atoms with E-state index in [0.717, 1.165) is 5.56 Å². The van der Waals surface area contributed by atoms with E-state index in [0.29, 0.717) is 21.5 Å². The molecule has 2 rings (SSSR count). The maximum atomic E-state index is 13.8. The van der Waals surface area contributed by atoms with E-state index in [9.17, 15) is 8.78 Å². The van der Waals surface area contributed by atoms with E-state index in [1.807, 2.05) is 0 Å². The number of nitrogens with two attached hydrogens (primary N) is 1. The zero-order valence-electron chi connectivity index (χ0n) is 9.84. The highest BCUT2D eigenvalue weighted by Crippen LogP contribution is 2.29. The molecule has 0 saturated heterocycles. The molecule has 0 radical (unpaired) electrons. The number of rotatable bonds is 3. The highest BCUT2D eigenvalue weighted by Gasteiger charge is 2.14. The fraction of sp³-hybridized carbons (Fsp3) is 0.143. The maximum Gasteiger partial charge on any atom is 0.129 e. The first-order valence-electron chi connectivity index (χ1n) is 5.62. The third-order valence-corrected chi connectivity index (χ3v) is 4.01. The lowest BCUT2D eigenvalue weighted by atomic mass is 9.99. The molecule has 0 heterocycles. The fourth-order valence-electron chi connectivity index (χ4n) is 1.81. The zero-order valence-corrected chi connectivity index (χ0v) is 12.2. The Morgan fingerprint density at radius 1 is 1.16 bits per heavy atom. The number of hydrogen-bond donors (Lipinski definition) is 1. The van der Waals surface area contributed by atoms with Crippen molar-refractivity contribution < 1.29 is 8.78 Å². The summed E-state index contributed by atoms with van der Waals surface area (Å²) in [6.45, 7) is 0. The van der Waals surface area contributed by atoms with Crippen LogP contribution >= 0.6 is 27.5 Å². The molecule has 1 nitrogen and oxygen atoms in total. The van der Waals surface area contributed by atoms with Gasteiger partial charge in [-0.2, -0.15) is 0 Å². The molecule has 0 aliphatic heterocycles. The van der Waals surface area contributed by atoms with Gasteiger partial charge in [0.05, 0.1) is 5.02 Å². The molecular weight excluding hydrogens is 336 g/mol. The third kappa shape index (κ3) is 3.53. The van der Waals surface area contributed by atoms with Crippen LogP contribution in [-0.4, -0.2) is 0 Å². The van der Waals surface area contributed by atoms with Gasteiger partial charge in [-0.15, -0.1) is 0 Å². The molecular formula is C14H11BrClF2N. The van der Waals surface area contributed by atoms with Gasteiger partial charge in [-0.05, 0) is 52.2 Å². The monoisotopic (exact) mass is 345 g/mol. The topological polar surface area (TPSA) is 26.0 Å². The molecule has 2 aromatic carbocycles. The maximum absolute atomic E-state index is 13.8. The van der Waals surface area contributed by atoms with Gasteiger partial charge in [0.1, 0.15) is 11.6 Å². The van der Waals surface area contributed by atoms with Crippen molar-refractivity contribution in [3.05, 3.63) is 68.7 Å². The molecule has 0 aromatic heterocycles. The summed E-state index contributed by atoms with van der Waals surface area (Å²) >= 11 is 9.08. The first kappa shape index (κ1) is 14.4. The van der Waals surface area contributed by atoms with Crippen LogP contribution in [0.4, 0.5) is 8.78 Å². The Kier molecular flexibility index (Phi) is 4.55. The molecule has 2 aromatic rings. The SMILES string of the molecule is NC(Cc1ccc(F)cc1)c1cc(Cl)c(Br)cc1F. The van der Waals surface area contributed by atoms with E-state index < -0.39 is 11.9 Å². The summed E-state index contributed by atoms with van der Waals surface area (Å²) in [7, 11) is 0. The molecule has 2 N–H and O–H groups in total. The zero-order chi connectivity index (χ0) is 14.0. The summed E-state index contributed by atoms with van der Waals surface area (Å²) in [6.07, 6.45) is 0.412. The van der Waals surface area contributed by atoms with E-state index in [4.69, 9.17) is 17.3 Å². The molecule has 0 spiro atoms. The second-order valence-corrected chi connectivity index (χ2v) is 5.49. The number of benzene rings is 2. The minimum atomic E-state index is -0.531. The summed E-state index contributed by atoms with van der Waals surface area (Å²) in [5, 5.41) is 0.408. The molecule has 0 amide bonds. The standard InChI is InChI=1S/C14H11BrClF2N/c15-11-7-13(18)10(6-12(11)16)14(19)5-8-1-3-9(17)4-2-8/h1-4,6-7,14H,5,19H2. The summed E-state index contributed by atoms with van der Waals surface area (Å²) < 4.78 is 27.1. The molecule has 0 fully saturated rings. The van der Waals surface area contributed by atoms with Gasteiger partial charge in [-0.3, -0.25) is 0 Å². The van der Waals surface area contributed by atoms with Gasteiger partial charge in [0.15, 0.2) is 0 Å². The summed E-state index contributed by atoms with van der Waals surface area (Å²) in [5.74, 6) is -0.721. The quantitative estimate of drug-likeness (QED) is 0.806. The van der Waals surface area contributed by atoms with E-state index in [2.05, 4.69) is 15.9 Å². The molecule has 0 saturated carbocycles.